The molecular formula is C25H39F12NO. The molecule has 39 heavy (non-hydrogen) atoms. The Morgan fingerprint density at radius 1 is 0.538 bits per heavy atom. The van der Waals surface area contributed by atoms with Gasteiger partial charge < -0.3 is 4.90 Å². The molecule has 0 fully saturated rings. The first-order valence-electron chi connectivity index (χ1n) is 13.3. The fraction of sp³-hybridized carbons (Fsp3) is 0.960. The van der Waals surface area contributed by atoms with Gasteiger partial charge in [0.2, 0.25) is 0 Å². The second-order valence-corrected chi connectivity index (χ2v) is 9.76. The number of alkyl halides is 12. The SMILES string of the molecule is CCCCCCCCCN(CCCCCCCCC)C(=O)C(F)(F)C(F)(F)C(F)(F)C(F)(F)C(F)(F)C(F)F. The van der Waals surface area contributed by atoms with Crippen LogP contribution in [0.25, 0.3) is 0 Å². The van der Waals surface area contributed by atoms with Crippen molar-refractivity contribution < 1.29 is 57.5 Å². The zero-order valence-electron chi connectivity index (χ0n) is 22.3. The summed E-state index contributed by atoms with van der Waals surface area (Å²) in [5, 5.41) is 0. The molecule has 0 aromatic rings. The van der Waals surface area contributed by atoms with Gasteiger partial charge in [-0.2, -0.15) is 43.9 Å². The molecule has 0 aromatic carbocycles. The highest BCUT2D eigenvalue weighted by Crippen LogP contribution is 2.58. The van der Waals surface area contributed by atoms with Gasteiger partial charge in [0.15, 0.2) is 0 Å². The van der Waals surface area contributed by atoms with Gasteiger partial charge in [-0.05, 0) is 12.8 Å². The Morgan fingerprint density at radius 3 is 1.21 bits per heavy atom. The van der Waals surface area contributed by atoms with Crippen molar-refractivity contribution in [3.05, 3.63) is 0 Å². The normalized spacial score (nSPS) is 13.8. The summed E-state index contributed by atoms with van der Waals surface area (Å²) in [5.41, 5.74) is 0. The first kappa shape index (κ1) is 37.6. The van der Waals surface area contributed by atoms with E-state index in [1.54, 1.807) is 0 Å². The second kappa shape index (κ2) is 16.2. The molecule has 14 heteroatoms. The van der Waals surface area contributed by atoms with Crippen LogP contribution in [0.1, 0.15) is 104 Å². The quantitative estimate of drug-likeness (QED) is 0.0899. The molecule has 234 valence electrons. The number of hydrogen-bond donors (Lipinski definition) is 0. The van der Waals surface area contributed by atoms with Gasteiger partial charge in [-0.25, -0.2) is 8.78 Å². The minimum absolute atomic E-state index is 0.00597. The molecule has 0 saturated heterocycles. The van der Waals surface area contributed by atoms with Gasteiger partial charge in [0.25, 0.3) is 5.91 Å². The maximum Gasteiger partial charge on any atom is 0.392 e. The number of nitrogens with zero attached hydrogens (tertiary/aromatic N) is 1. The Hall–Kier alpha value is -1.37. The summed E-state index contributed by atoms with van der Waals surface area (Å²) in [7, 11) is 0. The fourth-order valence-corrected chi connectivity index (χ4v) is 3.91. The van der Waals surface area contributed by atoms with Crippen LogP contribution in [0.4, 0.5) is 52.7 Å². The van der Waals surface area contributed by atoms with Gasteiger partial charge >= 0.3 is 36.0 Å². The predicted octanol–water partition coefficient (Wildman–Crippen LogP) is 9.76. The number of carbonyl (C=O) groups excluding carboxylic acids is 1. The lowest BCUT2D eigenvalue weighted by Crippen LogP contribution is -2.71. The Kier molecular flexibility index (Phi) is 15.6. The molecular weight excluding hydrogens is 558 g/mol. The standard InChI is InChI=1S/C25H39F12NO/c1-3-5-7-9-11-13-15-17-38(18-16-14-12-10-8-6-4-2)20(39)22(30,31)24(34,35)25(36,37)23(32,33)21(28,29)19(26)27/h19H,3-18H2,1-2H3. The van der Waals surface area contributed by atoms with E-state index in [0.29, 0.717) is 25.7 Å². The fourth-order valence-electron chi connectivity index (χ4n) is 3.91. The van der Waals surface area contributed by atoms with Crippen LogP contribution < -0.4 is 0 Å². The van der Waals surface area contributed by atoms with E-state index in [9.17, 15) is 57.5 Å². The summed E-state index contributed by atoms with van der Waals surface area (Å²) >= 11 is 0. The van der Waals surface area contributed by atoms with Crippen LogP contribution in [0.15, 0.2) is 0 Å². The molecule has 0 unspecified atom stereocenters. The number of carbonyl (C=O) groups is 1. The highest BCUT2D eigenvalue weighted by Gasteiger charge is 2.89. The van der Waals surface area contributed by atoms with Crippen molar-refractivity contribution in [1.82, 2.24) is 4.90 Å². The van der Waals surface area contributed by atoms with Crippen molar-refractivity contribution in [2.24, 2.45) is 0 Å². The number of rotatable bonds is 22. The summed E-state index contributed by atoms with van der Waals surface area (Å²) in [4.78, 5) is 12.5. The average molecular weight is 598 g/mol. The molecule has 0 aliphatic carbocycles. The first-order valence-corrected chi connectivity index (χ1v) is 13.3. The van der Waals surface area contributed by atoms with E-state index >= 15 is 0 Å². The molecule has 0 saturated carbocycles. The molecule has 0 N–H and O–H groups in total. The molecule has 1 amide bonds. The van der Waals surface area contributed by atoms with Gasteiger partial charge in [0.1, 0.15) is 0 Å². The average Bonchev–Trinajstić information content (AvgIpc) is 2.85. The predicted molar refractivity (Wildman–Crippen MR) is 123 cm³/mol. The minimum Gasteiger partial charge on any atom is -0.337 e. The van der Waals surface area contributed by atoms with Crippen molar-refractivity contribution in [2.45, 2.75) is 140 Å². The van der Waals surface area contributed by atoms with E-state index in [1.165, 1.54) is 0 Å². The lowest BCUT2D eigenvalue weighted by atomic mass is 9.93. The van der Waals surface area contributed by atoms with Crippen LogP contribution in [0.5, 0.6) is 0 Å². The second-order valence-electron chi connectivity index (χ2n) is 9.76. The zero-order valence-corrected chi connectivity index (χ0v) is 22.3. The van der Waals surface area contributed by atoms with Gasteiger partial charge in [-0.3, -0.25) is 4.79 Å². The Labute approximate surface area is 221 Å². The lowest BCUT2D eigenvalue weighted by molar-refractivity contribution is -0.407. The molecule has 2 nitrogen and oxygen atoms in total. The van der Waals surface area contributed by atoms with E-state index in [4.69, 9.17) is 0 Å². The Bertz CT molecular complexity index is 683. The van der Waals surface area contributed by atoms with Crippen LogP contribution in [0.2, 0.25) is 0 Å². The molecule has 0 radical (unpaired) electrons. The zero-order chi connectivity index (χ0) is 30.5. The molecule has 0 bridgehead atoms. The van der Waals surface area contributed by atoms with Crippen molar-refractivity contribution in [1.29, 1.82) is 0 Å². The third-order valence-corrected chi connectivity index (χ3v) is 6.49. The molecule has 0 spiro atoms. The summed E-state index contributed by atoms with van der Waals surface area (Å²) in [6.07, 6.45) is 3.36. The summed E-state index contributed by atoms with van der Waals surface area (Å²) in [6.45, 7) is 2.75. The van der Waals surface area contributed by atoms with Gasteiger partial charge in [0.05, 0.1) is 0 Å². The van der Waals surface area contributed by atoms with Gasteiger partial charge in [-0.15, -0.1) is 0 Å². The molecule has 0 aromatic heterocycles. The van der Waals surface area contributed by atoms with Crippen molar-refractivity contribution >= 4 is 5.91 Å². The van der Waals surface area contributed by atoms with E-state index in [1.807, 2.05) is 13.8 Å². The highest BCUT2D eigenvalue weighted by molar-refractivity contribution is 5.85. The molecule has 0 aliphatic rings. The summed E-state index contributed by atoms with van der Waals surface area (Å²) in [6, 6.07) is 0. The molecule has 0 heterocycles. The third-order valence-electron chi connectivity index (χ3n) is 6.49. The summed E-state index contributed by atoms with van der Waals surface area (Å²) < 4.78 is 163. The van der Waals surface area contributed by atoms with Crippen molar-refractivity contribution in [3.63, 3.8) is 0 Å². The maximum absolute atomic E-state index is 14.5. The monoisotopic (exact) mass is 597 g/mol. The topological polar surface area (TPSA) is 20.3 Å². The van der Waals surface area contributed by atoms with E-state index in [-0.39, 0.29) is 17.7 Å². The lowest BCUT2D eigenvalue weighted by Gasteiger charge is -2.39. The molecule has 0 aliphatic heterocycles. The molecule has 0 atom stereocenters. The summed E-state index contributed by atoms with van der Waals surface area (Å²) in [5.74, 6) is -39.4. The number of halogens is 12. The number of amides is 1. The van der Waals surface area contributed by atoms with Crippen LogP contribution >= 0.6 is 0 Å². The Balaban J connectivity index is 5.74. The van der Waals surface area contributed by atoms with E-state index < -0.39 is 55.0 Å². The van der Waals surface area contributed by atoms with Crippen molar-refractivity contribution in [2.75, 3.05) is 13.1 Å². The third kappa shape index (κ3) is 9.33. The van der Waals surface area contributed by atoms with Gasteiger partial charge in [-0.1, -0.05) is 90.9 Å². The van der Waals surface area contributed by atoms with Gasteiger partial charge in [0, 0.05) is 13.1 Å². The largest absolute Gasteiger partial charge is 0.392 e. The van der Waals surface area contributed by atoms with Crippen LogP contribution in [0.3, 0.4) is 0 Å². The highest BCUT2D eigenvalue weighted by atomic mass is 19.4. The van der Waals surface area contributed by atoms with Crippen LogP contribution in [-0.4, -0.2) is 59.9 Å². The minimum atomic E-state index is -7.71. The first-order chi connectivity index (χ1) is 17.9. The molecule has 0 rings (SSSR count). The number of unbranched alkanes of at least 4 members (excludes halogenated alkanes) is 12. The smallest absolute Gasteiger partial charge is 0.337 e. The van der Waals surface area contributed by atoms with E-state index in [0.717, 1.165) is 51.4 Å². The van der Waals surface area contributed by atoms with Crippen LogP contribution in [-0.2, 0) is 4.79 Å². The van der Waals surface area contributed by atoms with E-state index in [2.05, 4.69) is 0 Å². The maximum atomic E-state index is 14.5. The van der Waals surface area contributed by atoms with Crippen LogP contribution in [0, 0.1) is 0 Å². The Morgan fingerprint density at radius 2 is 0.872 bits per heavy atom. The van der Waals surface area contributed by atoms with Crippen molar-refractivity contribution in [3.8, 4) is 0 Å². The number of hydrogen-bond acceptors (Lipinski definition) is 1.